The lowest BCUT2D eigenvalue weighted by Gasteiger charge is -2.43. The number of guanidine groups is 1. The van der Waals surface area contributed by atoms with Gasteiger partial charge < -0.3 is 15.0 Å². The minimum absolute atomic E-state index is 0. The topological polar surface area (TPSA) is 40.1 Å². The molecule has 5 nitrogen and oxygen atoms in total. The monoisotopic (exact) mass is 396 g/mol. The summed E-state index contributed by atoms with van der Waals surface area (Å²) in [6.45, 7) is 9.74. The minimum Gasteiger partial charge on any atom is -0.381 e. The van der Waals surface area contributed by atoms with Crippen LogP contribution >= 0.6 is 24.0 Å². The Bertz CT molecular complexity index is 327. The molecule has 0 aromatic heterocycles. The highest BCUT2D eigenvalue weighted by atomic mass is 127. The van der Waals surface area contributed by atoms with Crippen LogP contribution in [0.2, 0.25) is 0 Å². The van der Waals surface area contributed by atoms with Crippen molar-refractivity contribution < 1.29 is 4.74 Å². The van der Waals surface area contributed by atoms with E-state index < -0.39 is 0 Å². The fourth-order valence-corrected chi connectivity index (χ4v) is 2.83. The molecule has 0 spiro atoms. The molecule has 0 aromatic rings. The van der Waals surface area contributed by atoms with Crippen molar-refractivity contribution in [3.8, 4) is 0 Å². The highest BCUT2D eigenvalue weighted by molar-refractivity contribution is 14.0. The molecule has 0 unspecified atom stereocenters. The molecule has 2 heterocycles. The Kier molecular flexibility index (Phi) is 7.00. The number of ether oxygens (including phenoxy) is 1. The van der Waals surface area contributed by atoms with Crippen LogP contribution in [-0.2, 0) is 4.74 Å². The number of rotatable bonds is 4. The van der Waals surface area contributed by atoms with Crippen molar-refractivity contribution in [1.29, 1.82) is 0 Å². The molecule has 0 amide bonds. The Morgan fingerprint density at radius 1 is 1.30 bits per heavy atom. The van der Waals surface area contributed by atoms with E-state index in [-0.39, 0.29) is 29.5 Å². The van der Waals surface area contributed by atoms with Gasteiger partial charge in [0.1, 0.15) is 0 Å². The molecule has 0 aromatic carbocycles. The van der Waals surface area contributed by atoms with E-state index in [1.165, 1.54) is 0 Å². The van der Waals surface area contributed by atoms with Crippen LogP contribution in [0.4, 0.5) is 0 Å². The zero-order chi connectivity index (χ0) is 13.9. The molecule has 0 radical (unpaired) electrons. The standard InChI is InChI=1S/C14H28N4O.HI/c1-14(2,11-16-13-15-7-10-17(13)3)18-8-5-12(19-4)6-9-18;/h12H,5-11H2,1-4H3,(H,15,16);1H. The lowest BCUT2D eigenvalue weighted by Crippen LogP contribution is -2.55. The van der Waals surface area contributed by atoms with Crippen LogP contribution in [0.1, 0.15) is 26.7 Å². The molecule has 2 rings (SSSR count). The van der Waals surface area contributed by atoms with Gasteiger partial charge in [-0.15, -0.1) is 24.0 Å². The van der Waals surface area contributed by atoms with Gasteiger partial charge in [0.05, 0.1) is 12.6 Å². The molecule has 2 aliphatic heterocycles. The van der Waals surface area contributed by atoms with Crippen molar-refractivity contribution in [2.75, 3.05) is 46.9 Å². The maximum absolute atomic E-state index is 5.44. The molecular formula is C14H29IN4O. The smallest absolute Gasteiger partial charge is 0.193 e. The summed E-state index contributed by atoms with van der Waals surface area (Å²) < 4.78 is 5.44. The molecule has 1 N–H and O–H groups in total. The third-order valence-corrected chi connectivity index (χ3v) is 4.37. The van der Waals surface area contributed by atoms with Crippen LogP contribution in [0.3, 0.4) is 0 Å². The highest BCUT2D eigenvalue weighted by Gasteiger charge is 2.31. The predicted octanol–water partition coefficient (Wildman–Crippen LogP) is 1.38. The van der Waals surface area contributed by atoms with Crippen molar-refractivity contribution in [3.05, 3.63) is 0 Å². The summed E-state index contributed by atoms with van der Waals surface area (Å²) in [5, 5.41) is 3.50. The number of hydrogen-bond donors (Lipinski definition) is 1. The first-order valence-corrected chi connectivity index (χ1v) is 7.30. The summed E-state index contributed by atoms with van der Waals surface area (Å²) in [4.78, 5) is 9.23. The van der Waals surface area contributed by atoms with Gasteiger partial charge in [-0.1, -0.05) is 0 Å². The Balaban J connectivity index is 0.00000200. The lowest BCUT2D eigenvalue weighted by atomic mass is 9.97. The first-order valence-electron chi connectivity index (χ1n) is 7.30. The Morgan fingerprint density at radius 2 is 1.95 bits per heavy atom. The molecule has 0 bridgehead atoms. The summed E-state index contributed by atoms with van der Waals surface area (Å²) in [6, 6.07) is 0. The average molecular weight is 396 g/mol. The van der Waals surface area contributed by atoms with E-state index in [2.05, 4.69) is 41.0 Å². The van der Waals surface area contributed by atoms with Crippen molar-refractivity contribution in [2.24, 2.45) is 4.99 Å². The van der Waals surface area contributed by atoms with Gasteiger partial charge >= 0.3 is 0 Å². The number of hydrogen-bond acceptors (Lipinski definition) is 5. The van der Waals surface area contributed by atoms with Crippen molar-refractivity contribution >= 4 is 29.9 Å². The average Bonchev–Trinajstić information content (AvgIpc) is 2.82. The van der Waals surface area contributed by atoms with E-state index in [4.69, 9.17) is 4.74 Å². The van der Waals surface area contributed by atoms with Gasteiger partial charge in [0.25, 0.3) is 0 Å². The quantitative estimate of drug-likeness (QED) is 0.730. The van der Waals surface area contributed by atoms with Crippen LogP contribution in [0.5, 0.6) is 0 Å². The fraction of sp³-hybridized carbons (Fsp3) is 0.929. The van der Waals surface area contributed by atoms with E-state index in [0.29, 0.717) is 6.10 Å². The number of nitrogens with one attached hydrogen (secondary N) is 1. The van der Waals surface area contributed by atoms with Crippen LogP contribution in [0, 0.1) is 0 Å². The fourth-order valence-electron chi connectivity index (χ4n) is 2.83. The summed E-state index contributed by atoms with van der Waals surface area (Å²) in [5.41, 5.74) is 0.157. The molecule has 118 valence electrons. The second-order valence-corrected chi connectivity index (χ2v) is 6.21. The van der Waals surface area contributed by atoms with Gasteiger partial charge in [-0.25, -0.2) is 0 Å². The minimum atomic E-state index is 0. The van der Waals surface area contributed by atoms with E-state index in [0.717, 1.165) is 51.5 Å². The molecule has 2 aliphatic rings. The molecule has 6 heteroatoms. The Morgan fingerprint density at radius 3 is 2.45 bits per heavy atom. The third kappa shape index (κ3) is 4.46. The predicted molar refractivity (Wildman–Crippen MR) is 94.0 cm³/mol. The summed E-state index contributed by atoms with van der Waals surface area (Å²) >= 11 is 0. The maximum atomic E-state index is 5.44. The van der Waals surface area contributed by atoms with Gasteiger partial charge in [0, 0.05) is 45.9 Å². The molecule has 1 fully saturated rings. The number of likely N-dealkylation sites (N-methyl/N-ethyl adjacent to an activating group) is 1. The number of methoxy groups -OCH3 is 1. The van der Waals surface area contributed by atoms with Gasteiger partial charge in [-0.2, -0.15) is 0 Å². The largest absolute Gasteiger partial charge is 0.381 e. The molecule has 0 aliphatic carbocycles. The van der Waals surface area contributed by atoms with Crippen molar-refractivity contribution in [2.45, 2.75) is 38.3 Å². The molecule has 0 saturated carbocycles. The highest BCUT2D eigenvalue weighted by Crippen LogP contribution is 2.21. The van der Waals surface area contributed by atoms with Gasteiger partial charge in [0.15, 0.2) is 5.96 Å². The SMILES string of the molecule is COC1CCN(C(C)(C)CNC2=NCCN2C)CC1.I. The number of likely N-dealkylation sites (tertiary alicyclic amines) is 1. The third-order valence-electron chi connectivity index (χ3n) is 4.37. The van der Waals surface area contributed by atoms with Crippen LogP contribution in [0.25, 0.3) is 0 Å². The van der Waals surface area contributed by atoms with Gasteiger partial charge in [-0.05, 0) is 26.7 Å². The van der Waals surface area contributed by atoms with E-state index in [9.17, 15) is 0 Å². The number of halogens is 1. The Labute approximate surface area is 140 Å². The second kappa shape index (κ2) is 7.79. The number of aliphatic imine (C=N–C) groups is 1. The molecule has 0 atom stereocenters. The summed E-state index contributed by atoms with van der Waals surface area (Å²) in [5.74, 6) is 1.04. The van der Waals surface area contributed by atoms with E-state index in [1.54, 1.807) is 0 Å². The van der Waals surface area contributed by atoms with Crippen LogP contribution < -0.4 is 5.32 Å². The zero-order valence-electron chi connectivity index (χ0n) is 13.2. The Hall–Kier alpha value is -0.0800. The van der Waals surface area contributed by atoms with Crippen LogP contribution in [-0.4, -0.2) is 74.3 Å². The van der Waals surface area contributed by atoms with E-state index in [1.807, 2.05) is 7.11 Å². The van der Waals surface area contributed by atoms with Crippen molar-refractivity contribution in [1.82, 2.24) is 15.1 Å². The zero-order valence-corrected chi connectivity index (χ0v) is 15.5. The van der Waals surface area contributed by atoms with Crippen molar-refractivity contribution in [3.63, 3.8) is 0 Å². The van der Waals surface area contributed by atoms with Gasteiger partial charge in [-0.3, -0.25) is 9.89 Å². The molecule has 1 saturated heterocycles. The van der Waals surface area contributed by atoms with Crippen LogP contribution in [0.15, 0.2) is 4.99 Å². The summed E-state index contributed by atoms with van der Waals surface area (Å²) in [7, 11) is 3.91. The molecule has 20 heavy (non-hydrogen) atoms. The lowest BCUT2D eigenvalue weighted by molar-refractivity contribution is 0.00771. The maximum Gasteiger partial charge on any atom is 0.193 e. The summed E-state index contributed by atoms with van der Waals surface area (Å²) in [6.07, 6.45) is 2.73. The number of nitrogens with zero attached hydrogens (tertiary/aromatic N) is 3. The number of piperidine rings is 1. The second-order valence-electron chi connectivity index (χ2n) is 6.21. The van der Waals surface area contributed by atoms with E-state index >= 15 is 0 Å². The molecular weight excluding hydrogens is 367 g/mol. The van der Waals surface area contributed by atoms with Gasteiger partial charge in [0.2, 0.25) is 0 Å². The first-order chi connectivity index (χ1) is 9.03. The normalized spacial score (nSPS) is 21.6. The first kappa shape index (κ1) is 18.0.